The molecular weight excluding hydrogens is 152 g/mol. The van der Waals surface area contributed by atoms with Gasteiger partial charge in [-0.15, -0.1) is 0 Å². The average molecular weight is 159 g/mol. The minimum Gasteiger partial charge on any atom is -0.870 e. The van der Waals surface area contributed by atoms with Gasteiger partial charge in [-0.05, 0) is 16.8 Å². The Balaban J connectivity index is 2.84. The summed E-state index contributed by atoms with van der Waals surface area (Å²) in [5.74, 6) is -0.512. The molecule has 0 spiro atoms. The molecule has 0 aromatic heterocycles. The Kier molecular flexibility index (Phi) is 1.40. The minimum absolute atomic E-state index is 0.186. The molecule has 0 saturated heterocycles. The summed E-state index contributed by atoms with van der Waals surface area (Å²) in [6.07, 6.45) is 0. The molecule has 2 nitrogen and oxygen atoms in total. The normalized spacial score (nSPS) is 10.3. The van der Waals surface area contributed by atoms with E-state index in [1.54, 1.807) is 0 Å². The molecule has 0 saturated carbocycles. The summed E-state index contributed by atoms with van der Waals surface area (Å²) in [5, 5.41) is 21.8. The van der Waals surface area contributed by atoms with E-state index < -0.39 is 0 Å². The molecule has 0 unspecified atom stereocenters. The number of rotatable bonds is 0. The van der Waals surface area contributed by atoms with Crippen molar-refractivity contribution < 1.29 is 10.2 Å². The van der Waals surface area contributed by atoms with E-state index in [4.69, 9.17) is 5.11 Å². The molecule has 60 valence electrons. The molecule has 1 N–H and O–H groups in total. The Morgan fingerprint density at radius 3 is 2.25 bits per heavy atom. The molecular formula is C10H7O2-. The van der Waals surface area contributed by atoms with Crippen LogP contribution in [0.4, 0.5) is 0 Å². The fourth-order valence-electron chi connectivity index (χ4n) is 1.21. The SMILES string of the molecule is [O-]c1cc2ccccc2cc1O. The molecule has 0 fully saturated rings. The summed E-state index contributed by atoms with van der Waals surface area (Å²) in [7, 11) is 0. The Morgan fingerprint density at radius 2 is 1.58 bits per heavy atom. The predicted molar refractivity (Wildman–Crippen MR) is 45.1 cm³/mol. The first-order valence-electron chi connectivity index (χ1n) is 3.66. The topological polar surface area (TPSA) is 43.3 Å². The molecule has 2 rings (SSSR count). The maximum Gasteiger partial charge on any atom is 0.108 e. The van der Waals surface area contributed by atoms with Crippen molar-refractivity contribution in [3.05, 3.63) is 36.4 Å². The van der Waals surface area contributed by atoms with E-state index in [1.165, 1.54) is 12.1 Å². The highest BCUT2D eigenvalue weighted by Gasteiger charge is 1.94. The second kappa shape index (κ2) is 2.41. The molecule has 0 aliphatic carbocycles. The number of fused-ring (bicyclic) bond motifs is 1. The Bertz CT molecular complexity index is 381. The van der Waals surface area contributed by atoms with Gasteiger partial charge in [0.1, 0.15) is 5.75 Å². The molecule has 2 aromatic carbocycles. The lowest BCUT2D eigenvalue weighted by Gasteiger charge is -2.09. The first-order valence-corrected chi connectivity index (χ1v) is 3.66. The van der Waals surface area contributed by atoms with E-state index in [0.717, 1.165) is 10.8 Å². The maximum absolute atomic E-state index is 11.0. The summed E-state index contributed by atoms with van der Waals surface area (Å²) in [6.45, 7) is 0. The van der Waals surface area contributed by atoms with Crippen LogP contribution in [0.2, 0.25) is 0 Å². The second-order valence-electron chi connectivity index (χ2n) is 2.67. The third kappa shape index (κ3) is 0.975. The molecule has 12 heavy (non-hydrogen) atoms. The highest BCUT2D eigenvalue weighted by atomic mass is 16.3. The van der Waals surface area contributed by atoms with Crippen LogP contribution in [0.1, 0.15) is 0 Å². The molecule has 2 aromatic rings. The number of phenolic OH excluding ortho intramolecular Hbond substituents is 1. The van der Waals surface area contributed by atoms with Crippen LogP contribution in [0, 0.1) is 0 Å². The zero-order valence-electron chi connectivity index (χ0n) is 6.32. The molecule has 2 heteroatoms. The van der Waals surface area contributed by atoms with Gasteiger partial charge in [0.15, 0.2) is 0 Å². The molecule has 0 aliphatic rings. The van der Waals surface area contributed by atoms with E-state index in [-0.39, 0.29) is 11.5 Å². The lowest BCUT2D eigenvalue weighted by atomic mass is 10.1. The van der Waals surface area contributed by atoms with E-state index in [2.05, 4.69) is 0 Å². The van der Waals surface area contributed by atoms with E-state index in [9.17, 15) is 5.11 Å². The highest BCUT2D eigenvalue weighted by Crippen LogP contribution is 2.27. The highest BCUT2D eigenvalue weighted by molar-refractivity contribution is 5.85. The minimum atomic E-state index is -0.325. The zero-order chi connectivity index (χ0) is 8.55. The Labute approximate surface area is 69.7 Å². The molecule has 0 radical (unpaired) electrons. The number of benzene rings is 2. The van der Waals surface area contributed by atoms with Gasteiger partial charge in [-0.25, -0.2) is 0 Å². The van der Waals surface area contributed by atoms with Gasteiger partial charge in [0.2, 0.25) is 0 Å². The van der Waals surface area contributed by atoms with Crippen molar-refractivity contribution in [2.75, 3.05) is 0 Å². The smallest absolute Gasteiger partial charge is 0.108 e. The van der Waals surface area contributed by atoms with Crippen LogP contribution in [0.3, 0.4) is 0 Å². The van der Waals surface area contributed by atoms with Crippen molar-refractivity contribution in [3.63, 3.8) is 0 Å². The molecule has 0 bridgehead atoms. The van der Waals surface area contributed by atoms with Gasteiger partial charge in [-0.3, -0.25) is 0 Å². The van der Waals surface area contributed by atoms with Gasteiger partial charge in [0.25, 0.3) is 0 Å². The third-order valence-corrected chi connectivity index (χ3v) is 1.83. The summed E-state index contributed by atoms with van der Waals surface area (Å²) >= 11 is 0. The van der Waals surface area contributed by atoms with Crippen LogP contribution in [-0.2, 0) is 0 Å². The van der Waals surface area contributed by atoms with Crippen LogP contribution in [0.5, 0.6) is 11.5 Å². The summed E-state index contributed by atoms with van der Waals surface area (Å²) < 4.78 is 0. The van der Waals surface area contributed by atoms with Crippen LogP contribution in [-0.4, -0.2) is 5.11 Å². The standard InChI is InChI=1S/C10H8O2/c11-9-5-7-3-1-2-4-8(7)6-10(9)12/h1-6,11-12H/p-1. The predicted octanol–water partition coefficient (Wildman–Crippen LogP) is 1.62. The molecule has 0 amide bonds. The lowest BCUT2D eigenvalue weighted by Crippen LogP contribution is -1.89. The van der Waals surface area contributed by atoms with Gasteiger partial charge in [-0.2, -0.15) is 0 Å². The Hall–Kier alpha value is -1.70. The van der Waals surface area contributed by atoms with E-state index in [0.29, 0.717) is 0 Å². The third-order valence-electron chi connectivity index (χ3n) is 1.83. The first kappa shape index (κ1) is 6.98. The number of hydrogen-bond donors (Lipinski definition) is 1. The zero-order valence-corrected chi connectivity index (χ0v) is 6.32. The van der Waals surface area contributed by atoms with Crippen molar-refractivity contribution in [1.82, 2.24) is 0 Å². The van der Waals surface area contributed by atoms with E-state index in [1.807, 2.05) is 24.3 Å². The quantitative estimate of drug-likeness (QED) is 0.634. The van der Waals surface area contributed by atoms with Crippen LogP contribution >= 0.6 is 0 Å². The largest absolute Gasteiger partial charge is 0.870 e. The molecule has 0 aliphatic heterocycles. The fourth-order valence-corrected chi connectivity index (χ4v) is 1.21. The monoisotopic (exact) mass is 159 g/mol. The van der Waals surface area contributed by atoms with Crippen LogP contribution in [0.25, 0.3) is 10.8 Å². The molecule has 0 heterocycles. The van der Waals surface area contributed by atoms with Crippen molar-refractivity contribution >= 4 is 10.8 Å². The van der Waals surface area contributed by atoms with Gasteiger partial charge in [-0.1, -0.05) is 36.1 Å². The summed E-state index contributed by atoms with van der Waals surface area (Å²) in [5.41, 5.74) is 0. The van der Waals surface area contributed by atoms with Crippen molar-refractivity contribution in [3.8, 4) is 11.5 Å². The maximum atomic E-state index is 11.0. The van der Waals surface area contributed by atoms with Crippen molar-refractivity contribution in [2.24, 2.45) is 0 Å². The first-order chi connectivity index (χ1) is 5.77. The van der Waals surface area contributed by atoms with Gasteiger partial charge in [0, 0.05) is 0 Å². The number of aromatic hydroxyl groups is 1. The lowest BCUT2D eigenvalue weighted by molar-refractivity contribution is -0.270. The summed E-state index contributed by atoms with van der Waals surface area (Å²) in [4.78, 5) is 0. The van der Waals surface area contributed by atoms with Gasteiger partial charge >= 0.3 is 0 Å². The van der Waals surface area contributed by atoms with E-state index >= 15 is 0 Å². The van der Waals surface area contributed by atoms with Crippen LogP contribution < -0.4 is 5.11 Å². The molecule has 0 atom stereocenters. The van der Waals surface area contributed by atoms with Gasteiger partial charge < -0.3 is 10.2 Å². The average Bonchev–Trinajstić information content (AvgIpc) is 2.07. The van der Waals surface area contributed by atoms with Crippen LogP contribution in [0.15, 0.2) is 36.4 Å². The van der Waals surface area contributed by atoms with Crippen molar-refractivity contribution in [1.29, 1.82) is 0 Å². The number of phenols is 1. The van der Waals surface area contributed by atoms with Gasteiger partial charge in [0.05, 0.1) is 0 Å². The van der Waals surface area contributed by atoms with Crippen molar-refractivity contribution in [2.45, 2.75) is 0 Å². The summed E-state index contributed by atoms with van der Waals surface area (Å²) in [6, 6.07) is 10.3. The Morgan fingerprint density at radius 1 is 1.00 bits per heavy atom. The fraction of sp³-hybridized carbons (Fsp3) is 0. The number of hydrogen-bond acceptors (Lipinski definition) is 2. The second-order valence-corrected chi connectivity index (χ2v) is 2.67.